The van der Waals surface area contributed by atoms with E-state index in [1.54, 1.807) is 17.9 Å². The highest BCUT2D eigenvalue weighted by atomic mass is 16.5. The highest BCUT2D eigenvalue weighted by Gasteiger charge is 2.11. The Morgan fingerprint density at radius 1 is 1.12 bits per heavy atom. The molecule has 120 valence electrons. The third kappa shape index (κ3) is 3.35. The fourth-order valence-electron chi connectivity index (χ4n) is 2.37. The second kappa shape index (κ2) is 6.83. The first-order valence-electron chi connectivity index (χ1n) is 7.44. The largest absolute Gasteiger partial charge is 0.497 e. The monoisotopic (exact) mass is 319 g/mol. The van der Waals surface area contributed by atoms with Crippen molar-refractivity contribution in [2.24, 2.45) is 5.73 Å². The second-order valence-corrected chi connectivity index (χ2v) is 5.18. The zero-order valence-electron chi connectivity index (χ0n) is 13.2. The molecule has 0 aliphatic carbocycles. The molecule has 0 fully saturated rings. The Labute approximate surface area is 140 Å². The molecule has 0 spiro atoms. The van der Waals surface area contributed by atoms with Gasteiger partial charge in [-0.3, -0.25) is 4.79 Å². The third-order valence-electron chi connectivity index (χ3n) is 3.55. The van der Waals surface area contributed by atoms with E-state index in [-0.39, 0.29) is 0 Å². The highest BCUT2D eigenvalue weighted by Crippen LogP contribution is 2.26. The topological polar surface area (TPSA) is 70.1 Å². The lowest BCUT2D eigenvalue weighted by molar-refractivity contribution is -0.113. The zero-order chi connectivity index (χ0) is 16.9. The molecule has 0 atom stereocenters. The Bertz CT molecular complexity index is 865. The number of aromatic nitrogens is 2. The van der Waals surface area contributed by atoms with Gasteiger partial charge in [0.1, 0.15) is 5.75 Å². The molecule has 0 bridgehead atoms. The van der Waals surface area contributed by atoms with Crippen molar-refractivity contribution < 1.29 is 9.53 Å². The average molecular weight is 319 g/mol. The van der Waals surface area contributed by atoms with E-state index in [4.69, 9.17) is 10.5 Å². The molecule has 3 rings (SSSR count). The van der Waals surface area contributed by atoms with Crippen LogP contribution in [0, 0.1) is 0 Å². The molecule has 1 amide bonds. The fraction of sp³-hybridized carbons (Fsp3) is 0.0526. The van der Waals surface area contributed by atoms with Gasteiger partial charge in [-0.1, -0.05) is 18.2 Å². The number of nitrogens with two attached hydrogens (primary N) is 1. The molecule has 5 heteroatoms. The first-order valence-corrected chi connectivity index (χ1v) is 7.44. The minimum absolute atomic E-state index is 0.497. The van der Waals surface area contributed by atoms with Crippen molar-refractivity contribution in [1.29, 1.82) is 0 Å². The summed E-state index contributed by atoms with van der Waals surface area (Å²) >= 11 is 0. The lowest BCUT2D eigenvalue weighted by Gasteiger charge is -2.02. The Morgan fingerprint density at radius 3 is 2.46 bits per heavy atom. The average Bonchev–Trinajstić information content (AvgIpc) is 3.05. The number of rotatable bonds is 5. The van der Waals surface area contributed by atoms with Gasteiger partial charge in [-0.25, -0.2) is 4.68 Å². The van der Waals surface area contributed by atoms with Gasteiger partial charge in [0, 0.05) is 23.4 Å². The van der Waals surface area contributed by atoms with Crippen LogP contribution in [0.3, 0.4) is 0 Å². The number of carbonyl (C=O) groups is 1. The number of ether oxygens (including phenoxy) is 1. The summed E-state index contributed by atoms with van der Waals surface area (Å²) in [5, 5.41) is 4.66. The molecule has 3 aromatic rings. The summed E-state index contributed by atoms with van der Waals surface area (Å²) in [5.74, 6) is 0.276. The lowest BCUT2D eigenvalue weighted by Crippen LogP contribution is -2.05. The molecule has 5 nitrogen and oxygen atoms in total. The molecule has 2 N–H and O–H groups in total. The molecule has 1 heterocycles. The molecule has 2 aromatic carbocycles. The van der Waals surface area contributed by atoms with Crippen molar-refractivity contribution >= 4 is 12.0 Å². The molecule has 0 radical (unpaired) electrons. The van der Waals surface area contributed by atoms with Gasteiger partial charge in [-0.2, -0.15) is 5.10 Å². The van der Waals surface area contributed by atoms with Crippen molar-refractivity contribution in [2.75, 3.05) is 7.11 Å². The van der Waals surface area contributed by atoms with Crippen molar-refractivity contribution in [3.8, 4) is 22.7 Å². The predicted molar refractivity (Wildman–Crippen MR) is 93.8 cm³/mol. The summed E-state index contributed by atoms with van der Waals surface area (Å²) in [5.41, 5.74) is 8.65. The number of carbonyl (C=O) groups excluding carboxylic acids is 1. The molecule has 0 saturated carbocycles. The quantitative estimate of drug-likeness (QED) is 0.735. The van der Waals surface area contributed by atoms with Gasteiger partial charge in [-0.15, -0.1) is 0 Å². The van der Waals surface area contributed by atoms with Crippen molar-refractivity contribution in [1.82, 2.24) is 9.78 Å². The van der Waals surface area contributed by atoms with Crippen molar-refractivity contribution in [3.05, 3.63) is 72.4 Å². The van der Waals surface area contributed by atoms with Gasteiger partial charge in [0.15, 0.2) is 0 Å². The smallest absolute Gasteiger partial charge is 0.241 e. The second-order valence-electron chi connectivity index (χ2n) is 5.18. The minimum atomic E-state index is -0.497. The van der Waals surface area contributed by atoms with E-state index in [1.165, 1.54) is 6.08 Å². The zero-order valence-corrected chi connectivity index (χ0v) is 13.2. The van der Waals surface area contributed by atoms with Gasteiger partial charge in [0.25, 0.3) is 0 Å². The summed E-state index contributed by atoms with van der Waals surface area (Å²) in [6, 6.07) is 17.4. The molecule has 0 aliphatic heterocycles. The Morgan fingerprint density at radius 2 is 1.83 bits per heavy atom. The number of para-hydroxylation sites is 1. The van der Waals surface area contributed by atoms with E-state index in [9.17, 15) is 4.79 Å². The molecule has 0 saturated heterocycles. The van der Waals surface area contributed by atoms with E-state index in [1.807, 2.05) is 60.8 Å². The van der Waals surface area contributed by atoms with Crippen LogP contribution in [-0.4, -0.2) is 22.8 Å². The van der Waals surface area contributed by atoms with E-state index in [0.29, 0.717) is 0 Å². The Hall–Kier alpha value is -3.34. The van der Waals surface area contributed by atoms with E-state index >= 15 is 0 Å². The van der Waals surface area contributed by atoms with Gasteiger partial charge >= 0.3 is 0 Å². The number of benzene rings is 2. The molecule has 1 aromatic heterocycles. The van der Waals surface area contributed by atoms with Crippen molar-refractivity contribution in [2.45, 2.75) is 0 Å². The first-order chi connectivity index (χ1) is 11.7. The van der Waals surface area contributed by atoms with Crippen LogP contribution in [0.5, 0.6) is 5.75 Å². The van der Waals surface area contributed by atoms with Gasteiger partial charge in [0.2, 0.25) is 5.91 Å². The number of hydrogen-bond donors (Lipinski definition) is 1. The maximum Gasteiger partial charge on any atom is 0.241 e. The Kier molecular flexibility index (Phi) is 4.43. The molecule has 0 unspecified atom stereocenters. The lowest BCUT2D eigenvalue weighted by atomic mass is 10.1. The normalized spacial score (nSPS) is 10.9. The van der Waals surface area contributed by atoms with Crippen LogP contribution in [0.15, 0.2) is 66.9 Å². The van der Waals surface area contributed by atoms with Gasteiger partial charge in [-0.05, 0) is 42.5 Å². The van der Waals surface area contributed by atoms with Gasteiger partial charge < -0.3 is 10.5 Å². The summed E-state index contributed by atoms with van der Waals surface area (Å²) in [7, 11) is 1.63. The van der Waals surface area contributed by atoms with Crippen LogP contribution in [-0.2, 0) is 4.79 Å². The highest BCUT2D eigenvalue weighted by molar-refractivity contribution is 5.91. The molecular weight excluding hydrogens is 302 g/mol. The van der Waals surface area contributed by atoms with Crippen LogP contribution in [0.1, 0.15) is 5.56 Å². The summed E-state index contributed by atoms with van der Waals surface area (Å²) in [6.45, 7) is 0. The first kappa shape index (κ1) is 15.6. The van der Waals surface area contributed by atoms with E-state index < -0.39 is 5.91 Å². The molecule has 24 heavy (non-hydrogen) atoms. The van der Waals surface area contributed by atoms with Crippen molar-refractivity contribution in [3.63, 3.8) is 0 Å². The van der Waals surface area contributed by atoms with E-state index in [2.05, 4.69) is 5.10 Å². The van der Waals surface area contributed by atoms with Crippen LogP contribution < -0.4 is 10.5 Å². The van der Waals surface area contributed by atoms with Crippen LogP contribution in [0.25, 0.3) is 23.0 Å². The fourth-order valence-corrected chi connectivity index (χ4v) is 2.37. The number of amides is 1. The number of hydrogen-bond acceptors (Lipinski definition) is 3. The molecule has 0 aliphatic rings. The standard InChI is InChI=1S/C19H17N3O2/c1-24-17-10-7-14(8-11-17)19-15(9-12-18(20)23)13-22(21-19)16-5-3-2-4-6-16/h2-13H,1H3,(H2,20,23)/b12-9-. The number of methoxy groups -OCH3 is 1. The predicted octanol–water partition coefficient (Wildman–Crippen LogP) is 3.05. The van der Waals surface area contributed by atoms with E-state index in [0.717, 1.165) is 28.3 Å². The minimum Gasteiger partial charge on any atom is -0.497 e. The maximum absolute atomic E-state index is 11.1. The maximum atomic E-state index is 11.1. The summed E-state index contributed by atoms with van der Waals surface area (Å²) in [4.78, 5) is 11.1. The SMILES string of the molecule is COc1ccc(-c2nn(-c3ccccc3)cc2/C=C\C(N)=O)cc1. The Balaban J connectivity index is 2.08. The number of nitrogens with zero attached hydrogens (tertiary/aromatic N) is 2. The van der Waals surface area contributed by atoms with Crippen LogP contribution >= 0.6 is 0 Å². The van der Waals surface area contributed by atoms with Crippen LogP contribution in [0.2, 0.25) is 0 Å². The number of primary amides is 1. The molecular formula is C19H17N3O2. The van der Waals surface area contributed by atoms with Gasteiger partial charge in [0.05, 0.1) is 18.5 Å². The van der Waals surface area contributed by atoms with Crippen LogP contribution in [0.4, 0.5) is 0 Å². The summed E-state index contributed by atoms with van der Waals surface area (Å²) in [6.07, 6.45) is 4.88. The third-order valence-corrected chi connectivity index (χ3v) is 3.55. The summed E-state index contributed by atoms with van der Waals surface area (Å²) < 4.78 is 6.97.